The molecule has 3 rings (SSSR count). The Bertz CT molecular complexity index is 414. The number of carbonyl (C=O) groups is 1. The summed E-state index contributed by atoms with van der Waals surface area (Å²) >= 11 is 0. The first kappa shape index (κ1) is 11.9. The Morgan fingerprint density at radius 2 is 2.00 bits per heavy atom. The van der Waals surface area contributed by atoms with Gasteiger partial charge in [0.2, 0.25) is 0 Å². The first-order chi connectivity index (χ1) is 8.84. The summed E-state index contributed by atoms with van der Waals surface area (Å²) in [6.45, 7) is 2.19. The van der Waals surface area contributed by atoms with Crippen molar-refractivity contribution in [1.82, 2.24) is 4.90 Å². The predicted octanol–water partition coefficient (Wildman–Crippen LogP) is 2.67. The van der Waals surface area contributed by atoms with Gasteiger partial charge in [-0.15, -0.1) is 0 Å². The van der Waals surface area contributed by atoms with Gasteiger partial charge in [0, 0.05) is 24.9 Å². The van der Waals surface area contributed by atoms with Gasteiger partial charge in [-0.3, -0.25) is 9.69 Å². The number of hydrogen-bond acceptors (Lipinski definition) is 2. The van der Waals surface area contributed by atoms with Gasteiger partial charge in [0.05, 0.1) is 0 Å². The lowest BCUT2D eigenvalue weighted by Crippen LogP contribution is -2.53. The summed E-state index contributed by atoms with van der Waals surface area (Å²) in [7, 11) is 0. The van der Waals surface area contributed by atoms with E-state index >= 15 is 0 Å². The average molecular weight is 243 g/mol. The number of Topliss-reactive ketones (excluding diaryl/α,β-unsaturated/α-hetero) is 1. The topological polar surface area (TPSA) is 20.3 Å². The van der Waals surface area contributed by atoms with Gasteiger partial charge in [0.15, 0.2) is 0 Å². The van der Waals surface area contributed by atoms with E-state index in [4.69, 9.17) is 0 Å². The van der Waals surface area contributed by atoms with E-state index in [1.807, 2.05) is 0 Å². The zero-order chi connectivity index (χ0) is 12.4. The maximum atomic E-state index is 12.0. The molecule has 3 unspecified atom stereocenters. The second-order valence-corrected chi connectivity index (χ2v) is 5.59. The molecule has 2 heterocycles. The second kappa shape index (κ2) is 5.23. The molecule has 0 aliphatic carbocycles. The highest BCUT2D eigenvalue weighted by Crippen LogP contribution is 2.32. The van der Waals surface area contributed by atoms with E-state index in [0.29, 0.717) is 17.7 Å². The predicted molar refractivity (Wildman–Crippen MR) is 72.5 cm³/mol. The molecule has 2 aliphatic heterocycles. The van der Waals surface area contributed by atoms with Crippen molar-refractivity contribution in [3.05, 3.63) is 35.9 Å². The number of rotatable bonds is 3. The fourth-order valence-electron chi connectivity index (χ4n) is 3.56. The van der Waals surface area contributed by atoms with Crippen molar-refractivity contribution in [3.63, 3.8) is 0 Å². The van der Waals surface area contributed by atoms with Crippen molar-refractivity contribution in [2.45, 2.75) is 38.1 Å². The summed E-state index contributed by atoms with van der Waals surface area (Å²) < 4.78 is 0. The van der Waals surface area contributed by atoms with Crippen molar-refractivity contribution < 1.29 is 4.79 Å². The highest BCUT2D eigenvalue weighted by atomic mass is 16.1. The van der Waals surface area contributed by atoms with Crippen LogP contribution in [0.3, 0.4) is 0 Å². The summed E-state index contributed by atoms with van der Waals surface area (Å²) in [4.78, 5) is 14.6. The highest BCUT2D eigenvalue weighted by molar-refractivity contribution is 5.82. The third kappa shape index (κ3) is 2.35. The van der Waals surface area contributed by atoms with Crippen molar-refractivity contribution in [2.75, 3.05) is 13.1 Å². The summed E-state index contributed by atoms with van der Waals surface area (Å²) in [5.41, 5.74) is 1.40. The van der Waals surface area contributed by atoms with Gasteiger partial charge in [-0.05, 0) is 37.8 Å². The van der Waals surface area contributed by atoms with Crippen LogP contribution in [-0.2, 0) is 11.2 Å². The summed E-state index contributed by atoms with van der Waals surface area (Å²) in [6.07, 6.45) is 5.35. The molecule has 18 heavy (non-hydrogen) atoms. The zero-order valence-electron chi connectivity index (χ0n) is 10.8. The number of fused-ring (bicyclic) bond motifs is 2. The van der Waals surface area contributed by atoms with Crippen LogP contribution in [0, 0.1) is 5.92 Å². The number of nitrogens with zero attached hydrogens (tertiary/aromatic N) is 1. The molecule has 0 radical (unpaired) electrons. The van der Waals surface area contributed by atoms with Crippen LogP contribution in [0.2, 0.25) is 0 Å². The van der Waals surface area contributed by atoms with E-state index in [2.05, 4.69) is 35.2 Å². The average Bonchev–Trinajstić information content (AvgIpc) is 2.42. The fraction of sp³-hybridized carbons (Fsp3) is 0.562. The molecule has 1 aromatic rings. The number of aryl methyl sites for hydroxylation is 1. The molecule has 2 aliphatic rings. The maximum Gasteiger partial charge on any atom is 0.138 e. The van der Waals surface area contributed by atoms with E-state index in [-0.39, 0.29) is 0 Å². The molecule has 1 aromatic carbocycles. The van der Waals surface area contributed by atoms with Crippen LogP contribution in [-0.4, -0.2) is 29.8 Å². The van der Waals surface area contributed by atoms with Gasteiger partial charge >= 0.3 is 0 Å². The molecule has 96 valence electrons. The first-order valence-corrected chi connectivity index (χ1v) is 7.15. The molecule has 0 aromatic heterocycles. The zero-order valence-corrected chi connectivity index (χ0v) is 10.8. The molecule has 0 spiro atoms. The standard InChI is InChI=1S/C16H21NO/c18-16-10-12-17-11-4-7-14(16)15(17)9-8-13-5-2-1-3-6-13/h1-3,5-6,14-15H,4,7-12H2. The minimum absolute atomic E-state index is 0.330. The molecule has 2 heteroatoms. The Morgan fingerprint density at radius 3 is 2.83 bits per heavy atom. The van der Waals surface area contributed by atoms with E-state index in [1.54, 1.807) is 0 Å². The smallest absolute Gasteiger partial charge is 0.138 e. The third-order valence-electron chi connectivity index (χ3n) is 4.52. The summed E-state index contributed by atoms with van der Waals surface area (Å²) in [5.74, 6) is 0.847. The van der Waals surface area contributed by atoms with Crippen LogP contribution >= 0.6 is 0 Å². The number of benzene rings is 1. The van der Waals surface area contributed by atoms with Gasteiger partial charge in [-0.1, -0.05) is 30.3 Å². The van der Waals surface area contributed by atoms with Gasteiger partial charge in [0.25, 0.3) is 0 Å². The van der Waals surface area contributed by atoms with E-state index in [1.165, 1.54) is 18.5 Å². The molecule has 2 fully saturated rings. The van der Waals surface area contributed by atoms with Crippen LogP contribution in [0.25, 0.3) is 0 Å². The van der Waals surface area contributed by atoms with Gasteiger partial charge in [0.1, 0.15) is 5.78 Å². The maximum absolute atomic E-state index is 12.0. The Labute approximate surface area is 109 Å². The number of ketones is 1. The lowest BCUT2D eigenvalue weighted by Gasteiger charge is -2.44. The van der Waals surface area contributed by atoms with Crippen LogP contribution in [0.15, 0.2) is 30.3 Å². The minimum Gasteiger partial charge on any atom is -0.299 e. The quantitative estimate of drug-likeness (QED) is 0.813. The molecule has 2 saturated heterocycles. The Morgan fingerprint density at radius 1 is 1.17 bits per heavy atom. The van der Waals surface area contributed by atoms with Gasteiger partial charge in [-0.25, -0.2) is 0 Å². The van der Waals surface area contributed by atoms with Crippen LogP contribution in [0.1, 0.15) is 31.2 Å². The summed E-state index contributed by atoms with van der Waals surface area (Å²) in [6, 6.07) is 11.2. The molecule has 2 nitrogen and oxygen atoms in total. The van der Waals surface area contributed by atoms with E-state index in [0.717, 1.165) is 32.2 Å². The molecular formula is C16H21NO. The Hall–Kier alpha value is -1.15. The Kier molecular flexibility index (Phi) is 3.46. The number of hydrogen-bond donors (Lipinski definition) is 0. The van der Waals surface area contributed by atoms with Crippen LogP contribution < -0.4 is 0 Å². The lowest BCUT2D eigenvalue weighted by molar-refractivity contribution is -0.131. The fourth-order valence-corrected chi connectivity index (χ4v) is 3.56. The van der Waals surface area contributed by atoms with Crippen molar-refractivity contribution in [1.29, 1.82) is 0 Å². The van der Waals surface area contributed by atoms with Crippen molar-refractivity contribution >= 4 is 5.78 Å². The molecule has 3 atom stereocenters. The molecule has 0 saturated carbocycles. The van der Waals surface area contributed by atoms with E-state index in [9.17, 15) is 4.79 Å². The summed E-state index contributed by atoms with van der Waals surface area (Å²) in [5, 5.41) is 0. The molecule has 2 bridgehead atoms. The monoisotopic (exact) mass is 243 g/mol. The second-order valence-electron chi connectivity index (χ2n) is 5.59. The van der Waals surface area contributed by atoms with E-state index < -0.39 is 0 Å². The highest BCUT2D eigenvalue weighted by Gasteiger charge is 2.38. The lowest BCUT2D eigenvalue weighted by atomic mass is 9.79. The van der Waals surface area contributed by atoms with Crippen molar-refractivity contribution in [2.24, 2.45) is 5.92 Å². The first-order valence-electron chi connectivity index (χ1n) is 7.15. The van der Waals surface area contributed by atoms with Crippen molar-refractivity contribution in [3.8, 4) is 0 Å². The minimum atomic E-state index is 0.330. The van der Waals surface area contributed by atoms with Gasteiger partial charge < -0.3 is 0 Å². The molecular weight excluding hydrogens is 222 g/mol. The SMILES string of the molecule is O=C1CCN2CCCC1C2CCc1ccccc1. The van der Waals surface area contributed by atoms with Crippen LogP contribution in [0.5, 0.6) is 0 Å². The normalized spacial score (nSPS) is 31.3. The Balaban J connectivity index is 1.66. The third-order valence-corrected chi connectivity index (χ3v) is 4.52. The number of piperidine rings is 2. The molecule has 0 amide bonds. The number of carbonyl (C=O) groups excluding carboxylic acids is 1. The van der Waals surface area contributed by atoms with Crippen LogP contribution in [0.4, 0.5) is 0 Å². The largest absolute Gasteiger partial charge is 0.299 e. The molecule has 0 N–H and O–H groups in total. The van der Waals surface area contributed by atoms with Gasteiger partial charge in [-0.2, -0.15) is 0 Å².